The first-order valence-electron chi connectivity index (χ1n) is 6.87. The number of carbonyl (C=O) groups is 1. The van der Waals surface area contributed by atoms with Gasteiger partial charge in [0.25, 0.3) is 0 Å². The van der Waals surface area contributed by atoms with Crippen molar-refractivity contribution in [3.05, 3.63) is 18.2 Å². The zero-order valence-corrected chi connectivity index (χ0v) is 12.8. The highest BCUT2D eigenvalue weighted by molar-refractivity contribution is 5.93. The number of nitrogens with two attached hydrogens (primary N) is 1. The van der Waals surface area contributed by atoms with Crippen LogP contribution in [0.15, 0.2) is 18.2 Å². The van der Waals surface area contributed by atoms with Gasteiger partial charge in [-0.2, -0.15) is 0 Å². The molecule has 0 unspecified atom stereocenters. The molecule has 1 amide bonds. The Morgan fingerprint density at radius 2 is 2.15 bits per heavy atom. The fourth-order valence-electron chi connectivity index (χ4n) is 1.74. The minimum Gasteiger partial charge on any atom is -0.497 e. The van der Waals surface area contributed by atoms with Crippen LogP contribution in [0.5, 0.6) is 5.75 Å². The summed E-state index contributed by atoms with van der Waals surface area (Å²) in [5.74, 6) is 0.665. The second-order valence-corrected chi connectivity index (χ2v) is 5.18. The number of methoxy groups -OCH3 is 1. The van der Waals surface area contributed by atoms with Crippen molar-refractivity contribution in [2.24, 2.45) is 0 Å². The molecule has 0 saturated heterocycles. The highest BCUT2D eigenvalue weighted by Crippen LogP contribution is 2.24. The van der Waals surface area contributed by atoms with Crippen molar-refractivity contribution in [3.63, 3.8) is 0 Å². The molecule has 1 aromatic carbocycles. The number of ether oxygens (including phenoxy) is 1. The second kappa shape index (κ2) is 7.75. The zero-order valence-electron chi connectivity index (χ0n) is 12.8. The van der Waals surface area contributed by atoms with E-state index in [0.717, 1.165) is 13.0 Å². The van der Waals surface area contributed by atoms with E-state index in [0.29, 0.717) is 29.6 Å². The van der Waals surface area contributed by atoms with Gasteiger partial charge in [0, 0.05) is 18.5 Å². The molecule has 1 rings (SSSR count). The van der Waals surface area contributed by atoms with Crippen LogP contribution in [0.3, 0.4) is 0 Å². The lowest BCUT2D eigenvalue weighted by atomic mass is 10.2. The maximum absolute atomic E-state index is 11.9. The maximum Gasteiger partial charge on any atom is 0.224 e. The van der Waals surface area contributed by atoms with E-state index in [9.17, 15) is 4.79 Å². The minimum atomic E-state index is -0.0148. The van der Waals surface area contributed by atoms with E-state index in [1.165, 1.54) is 0 Å². The highest BCUT2D eigenvalue weighted by atomic mass is 16.5. The third-order valence-electron chi connectivity index (χ3n) is 3.33. The van der Waals surface area contributed by atoms with Crippen LogP contribution >= 0.6 is 0 Å². The topological polar surface area (TPSA) is 67.6 Å². The van der Waals surface area contributed by atoms with E-state index in [1.807, 2.05) is 0 Å². The molecule has 0 radical (unpaired) electrons. The van der Waals surface area contributed by atoms with Gasteiger partial charge in [-0.1, -0.05) is 0 Å². The lowest BCUT2D eigenvalue weighted by Crippen LogP contribution is -2.28. The van der Waals surface area contributed by atoms with Gasteiger partial charge in [-0.3, -0.25) is 4.79 Å². The molecular weight excluding hydrogens is 254 g/mol. The molecule has 0 saturated carbocycles. The largest absolute Gasteiger partial charge is 0.497 e. The molecular formula is C15H25N3O2. The van der Waals surface area contributed by atoms with Crippen LogP contribution in [0.4, 0.5) is 11.4 Å². The number of carbonyl (C=O) groups excluding carboxylic acids is 1. The lowest BCUT2D eigenvalue weighted by Gasteiger charge is -2.20. The van der Waals surface area contributed by atoms with Gasteiger partial charge < -0.3 is 20.7 Å². The molecule has 0 fully saturated rings. The number of nitrogens with one attached hydrogen (secondary N) is 1. The predicted octanol–water partition coefficient (Wildman–Crippen LogP) is 2.34. The minimum absolute atomic E-state index is 0.0148. The Hall–Kier alpha value is -1.75. The Balaban J connectivity index is 2.43. The molecule has 112 valence electrons. The van der Waals surface area contributed by atoms with E-state index >= 15 is 0 Å². The molecule has 3 N–H and O–H groups in total. The van der Waals surface area contributed by atoms with Gasteiger partial charge in [0.1, 0.15) is 5.75 Å². The Bertz CT molecular complexity index is 447. The first kappa shape index (κ1) is 16.3. The molecule has 20 heavy (non-hydrogen) atoms. The third kappa shape index (κ3) is 5.09. The number of benzene rings is 1. The zero-order chi connectivity index (χ0) is 15.1. The van der Waals surface area contributed by atoms with Gasteiger partial charge in [0.05, 0.1) is 18.5 Å². The number of nitrogen functional groups attached to an aromatic ring is 1. The van der Waals surface area contributed by atoms with Gasteiger partial charge in [0.15, 0.2) is 0 Å². The number of anilines is 2. The quantitative estimate of drug-likeness (QED) is 0.752. The predicted molar refractivity (Wildman–Crippen MR) is 83.0 cm³/mol. The van der Waals surface area contributed by atoms with E-state index in [2.05, 4.69) is 31.1 Å². The molecule has 0 heterocycles. The van der Waals surface area contributed by atoms with E-state index in [-0.39, 0.29) is 5.91 Å². The summed E-state index contributed by atoms with van der Waals surface area (Å²) in [6, 6.07) is 5.72. The summed E-state index contributed by atoms with van der Waals surface area (Å²) in [5, 5.41) is 2.83. The van der Waals surface area contributed by atoms with Crippen LogP contribution in [-0.4, -0.2) is 37.6 Å². The van der Waals surface area contributed by atoms with Crippen LogP contribution in [0.2, 0.25) is 0 Å². The van der Waals surface area contributed by atoms with E-state index < -0.39 is 0 Å². The van der Waals surface area contributed by atoms with E-state index in [1.54, 1.807) is 25.3 Å². The summed E-state index contributed by atoms with van der Waals surface area (Å²) < 4.78 is 5.07. The summed E-state index contributed by atoms with van der Waals surface area (Å²) in [6.07, 6.45) is 1.32. The highest BCUT2D eigenvalue weighted by Gasteiger charge is 2.08. The third-order valence-corrected chi connectivity index (χ3v) is 3.33. The first-order chi connectivity index (χ1) is 9.43. The van der Waals surface area contributed by atoms with Gasteiger partial charge in [-0.25, -0.2) is 0 Å². The van der Waals surface area contributed by atoms with Crippen LogP contribution in [0.1, 0.15) is 26.7 Å². The van der Waals surface area contributed by atoms with Crippen LogP contribution < -0.4 is 15.8 Å². The van der Waals surface area contributed by atoms with Crippen molar-refractivity contribution in [1.82, 2.24) is 4.90 Å². The molecule has 0 atom stereocenters. The Morgan fingerprint density at radius 3 is 2.70 bits per heavy atom. The van der Waals surface area contributed by atoms with Crippen molar-refractivity contribution in [2.45, 2.75) is 32.7 Å². The summed E-state index contributed by atoms with van der Waals surface area (Å²) in [5.41, 5.74) is 7.00. The summed E-state index contributed by atoms with van der Waals surface area (Å²) in [7, 11) is 3.64. The Kier molecular flexibility index (Phi) is 6.31. The number of hydrogen-bond acceptors (Lipinski definition) is 4. The molecule has 0 aromatic heterocycles. The van der Waals surface area contributed by atoms with Gasteiger partial charge >= 0.3 is 0 Å². The van der Waals surface area contributed by atoms with E-state index in [4.69, 9.17) is 10.5 Å². The Labute approximate surface area is 121 Å². The van der Waals surface area contributed by atoms with Gasteiger partial charge in [0.2, 0.25) is 5.91 Å². The average molecular weight is 279 g/mol. The molecule has 0 aliphatic carbocycles. The first-order valence-corrected chi connectivity index (χ1v) is 6.87. The fourth-order valence-corrected chi connectivity index (χ4v) is 1.74. The van der Waals surface area contributed by atoms with Crippen molar-refractivity contribution in [1.29, 1.82) is 0 Å². The summed E-state index contributed by atoms with van der Waals surface area (Å²) in [4.78, 5) is 14.1. The van der Waals surface area contributed by atoms with Crippen LogP contribution in [0.25, 0.3) is 0 Å². The number of nitrogens with zero attached hydrogens (tertiary/aromatic N) is 1. The van der Waals surface area contributed by atoms with Gasteiger partial charge in [-0.15, -0.1) is 0 Å². The van der Waals surface area contributed by atoms with Crippen molar-refractivity contribution >= 4 is 17.3 Å². The van der Waals surface area contributed by atoms with Crippen LogP contribution in [0, 0.1) is 0 Å². The lowest BCUT2D eigenvalue weighted by molar-refractivity contribution is -0.116. The molecule has 1 aromatic rings. The molecule has 0 aliphatic heterocycles. The maximum atomic E-state index is 11.9. The SMILES string of the molecule is COc1ccc(NC(=O)CCCN(C)C(C)C)c(N)c1. The Morgan fingerprint density at radius 1 is 1.45 bits per heavy atom. The summed E-state index contributed by atoms with van der Waals surface area (Å²) in [6.45, 7) is 5.18. The molecule has 0 bridgehead atoms. The molecule has 5 nitrogen and oxygen atoms in total. The second-order valence-electron chi connectivity index (χ2n) is 5.18. The number of amides is 1. The number of rotatable bonds is 7. The van der Waals surface area contributed by atoms with Crippen molar-refractivity contribution in [2.75, 3.05) is 31.8 Å². The van der Waals surface area contributed by atoms with Gasteiger partial charge in [-0.05, 0) is 46.0 Å². The molecule has 0 aliphatic rings. The van der Waals surface area contributed by atoms with Crippen LogP contribution in [-0.2, 0) is 4.79 Å². The van der Waals surface area contributed by atoms with Crippen molar-refractivity contribution in [3.8, 4) is 5.75 Å². The normalized spacial score (nSPS) is 10.9. The number of hydrogen-bond donors (Lipinski definition) is 2. The molecule has 5 heteroatoms. The average Bonchev–Trinajstić information content (AvgIpc) is 2.40. The summed E-state index contributed by atoms with van der Waals surface area (Å²) >= 11 is 0. The molecule has 0 spiro atoms. The fraction of sp³-hybridized carbons (Fsp3) is 0.533. The smallest absolute Gasteiger partial charge is 0.224 e. The standard InChI is InChI=1S/C15H25N3O2/c1-11(2)18(3)9-5-6-15(19)17-14-8-7-12(20-4)10-13(14)16/h7-8,10-11H,5-6,9,16H2,1-4H3,(H,17,19). The van der Waals surface area contributed by atoms with Crippen molar-refractivity contribution < 1.29 is 9.53 Å². The monoisotopic (exact) mass is 279 g/mol.